The molecule has 1 aromatic heterocycles. The van der Waals surface area contributed by atoms with Gasteiger partial charge in [-0.3, -0.25) is 4.79 Å². The summed E-state index contributed by atoms with van der Waals surface area (Å²) >= 11 is 0. The first-order valence-electron chi connectivity index (χ1n) is 9.20. The molecule has 1 aliphatic rings. The van der Waals surface area contributed by atoms with Crippen molar-refractivity contribution in [2.24, 2.45) is 7.05 Å². The van der Waals surface area contributed by atoms with Crippen molar-refractivity contribution in [2.45, 2.75) is 18.1 Å². The van der Waals surface area contributed by atoms with Crippen LogP contribution in [0.5, 0.6) is 0 Å². The van der Waals surface area contributed by atoms with E-state index >= 15 is 0 Å². The largest absolute Gasteiger partial charge is 0.389 e. The van der Waals surface area contributed by atoms with Crippen molar-refractivity contribution in [1.29, 1.82) is 0 Å². The molecule has 1 amide bonds. The van der Waals surface area contributed by atoms with Gasteiger partial charge in [-0.2, -0.15) is 4.80 Å². The summed E-state index contributed by atoms with van der Waals surface area (Å²) in [5.74, 6) is 0.271. The molecule has 1 aliphatic heterocycles. The number of nitrogens with one attached hydrogen (secondary N) is 2. The minimum absolute atomic E-state index is 0.233. The van der Waals surface area contributed by atoms with Crippen LogP contribution in [0.1, 0.15) is 22.3 Å². The molecule has 2 heterocycles. The smallest absolute Gasteiger partial charge is 0.252 e. The van der Waals surface area contributed by atoms with E-state index in [0.717, 1.165) is 11.1 Å². The van der Waals surface area contributed by atoms with Gasteiger partial charge in [0.25, 0.3) is 5.91 Å². The molecule has 0 spiro atoms. The van der Waals surface area contributed by atoms with Crippen molar-refractivity contribution < 1.29 is 9.90 Å². The number of aliphatic hydroxyl groups is 1. The SMILES string of the molecule is Cn1nnc(-c2ccc(C(=O)N[C@]3(c4ccccc4)CCNC[C@H]3O)cc2)n1. The first-order chi connectivity index (χ1) is 13.6. The Kier molecular flexibility index (Phi) is 4.89. The molecule has 1 fully saturated rings. The van der Waals surface area contributed by atoms with E-state index in [1.54, 1.807) is 31.3 Å². The van der Waals surface area contributed by atoms with Gasteiger partial charge in [0.2, 0.25) is 5.82 Å². The molecule has 0 radical (unpaired) electrons. The molecule has 0 saturated carbocycles. The van der Waals surface area contributed by atoms with Crippen LogP contribution in [0.4, 0.5) is 0 Å². The van der Waals surface area contributed by atoms with Crippen molar-refractivity contribution >= 4 is 5.91 Å². The fourth-order valence-corrected chi connectivity index (χ4v) is 3.60. The summed E-state index contributed by atoms with van der Waals surface area (Å²) in [6, 6.07) is 16.7. The second-order valence-corrected chi connectivity index (χ2v) is 6.94. The predicted octanol–water partition coefficient (Wildman–Crippen LogP) is 0.857. The van der Waals surface area contributed by atoms with Crippen LogP contribution in [0, 0.1) is 0 Å². The molecule has 2 aromatic carbocycles. The molecule has 0 unspecified atom stereocenters. The lowest BCUT2D eigenvalue weighted by Gasteiger charge is -2.43. The quantitative estimate of drug-likeness (QED) is 0.622. The Morgan fingerprint density at radius 3 is 2.61 bits per heavy atom. The fourth-order valence-electron chi connectivity index (χ4n) is 3.60. The van der Waals surface area contributed by atoms with Crippen LogP contribution >= 0.6 is 0 Å². The van der Waals surface area contributed by atoms with E-state index in [4.69, 9.17) is 0 Å². The van der Waals surface area contributed by atoms with Crippen molar-refractivity contribution in [2.75, 3.05) is 13.1 Å². The maximum Gasteiger partial charge on any atom is 0.252 e. The van der Waals surface area contributed by atoms with Gasteiger partial charge in [-0.1, -0.05) is 42.5 Å². The number of aryl methyl sites for hydroxylation is 1. The Hall–Kier alpha value is -3.10. The molecular weight excluding hydrogens is 356 g/mol. The van der Waals surface area contributed by atoms with Gasteiger partial charge in [0.05, 0.1) is 18.7 Å². The summed E-state index contributed by atoms with van der Waals surface area (Å²) in [4.78, 5) is 14.4. The van der Waals surface area contributed by atoms with Gasteiger partial charge < -0.3 is 15.7 Å². The number of benzene rings is 2. The zero-order chi connectivity index (χ0) is 19.6. The number of carbonyl (C=O) groups excluding carboxylic acids is 1. The van der Waals surface area contributed by atoms with Gasteiger partial charge in [0.1, 0.15) is 0 Å². The lowest BCUT2D eigenvalue weighted by molar-refractivity contribution is 0.0290. The molecule has 144 valence electrons. The number of hydrogen-bond acceptors (Lipinski definition) is 6. The van der Waals surface area contributed by atoms with Crippen LogP contribution in [0.15, 0.2) is 54.6 Å². The zero-order valence-electron chi connectivity index (χ0n) is 15.5. The van der Waals surface area contributed by atoms with Gasteiger partial charge in [-0.25, -0.2) is 0 Å². The monoisotopic (exact) mass is 378 g/mol. The van der Waals surface area contributed by atoms with Crippen LogP contribution in [-0.4, -0.2) is 50.4 Å². The average molecular weight is 378 g/mol. The number of piperidine rings is 1. The number of hydrogen-bond donors (Lipinski definition) is 3. The Labute approximate surface area is 162 Å². The number of amides is 1. The van der Waals surface area contributed by atoms with Crippen molar-refractivity contribution in [3.05, 3.63) is 65.7 Å². The summed E-state index contributed by atoms with van der Waals surface area (Å²) in [5, 5.41) is 29.0. The van der Waals surface area contributed by atoms with Crippen molar-refractivity contribution in [1.82, 2.24) is 30.8 Å². The van der Waals surface area contributed by atoms with Crippen LogP contribution in [0.2, 0.25) is 0 Å². The molecule has 8 nitrogen and oxygen atoms in total. The molecule has 4 rings (SSSR count). The van der Waals surface area contributed by atoms with Crippen LogP contribution in [-0.2, 0) is 12.6 Å². The second kappa shape index (κ2) is 7.49. The third kappa shape index (κ3) is 3.39. The minimum atomic E-state index is -0.825. The standard InChI is InChI=1S/C20H22N6O2/c1-26-24-18(23-25-26)14-7-9-15(10-8-14)19(28)22-20(11-12-21-13-17(20)27)16-5-3-2-4-6-16/h2-10,17,21,27H,11-13H2,1H3,(H,22,28)/t17-,20+/m1/s1. The number of aromatic nitrogens is 4. The normalized spacial score (nSPS) is 22.0. The van der Waals surface area contributed by atoms with E-state index in [2.05, 4.69) is 26.0 Å². The first-order valence-corrected chi connectivity index (χ1v) is 9.20. The van der Waals surface area contributed by atoms with Crippen LogP contribution in [0.3, 0.4) is 0 Å². The number of rotatable bonds is 4. The Morgan fingerprint density at radius 2 is 1.96 bits per heavy atom. The Balaban J connectivity index is 1.60. The molecule has 1 saturated heterocycles. The zero-order valence-corrected chi connectivity index (χ0v) is 15.5. The summed E-state index contributed by atoms with van der Waals surface area (Å²) < 4.78 is 0. The Bertz CT molecular complexity index is 956. The van der Waals surface area contributed by atoms with Gasteiger partial charge in [-0.05, 0) is 35.9 Å². The minimum Gasteiger partial charge on any atom is -0.389 e. The van der Waals surface area contributed by atoms with E-state index in [1.807, 2.05) is 30.3 Å². The van der Waals surface area contributed by atoms with Crippen LogP contribution in [0.25, 0.3) is 11.4 Å². The molecule has 2 atom stereocenters. The highest BCUT2D eigenvalue weighted by Crippen LogP contribution is 2.31. The third-order valence-electron chi connectivity index (χ3n) is 5.14. The topological polar surface area (TPSA) is 105 Å². The highest BCUT2D eigenvalue weighted by atomic mass is 16.3. The maximum absolute atomic E-state index is 13.0. The van der Waals surface area contributed by atoms with E-state index in [0.29, 0.717) is 30.9 Å². The van der Waals surface area contributed by atoms with Crippen molar-refractivity contribution in [3.8, 4) is 11.4 Å². The lowest BCUT2D eigenvalue weighted by Crippen LogP contribution is -2.61. The summed E-state index contributed by atoms with van der Waals surface area (Å²) in [5.41, 5.74) is 1.37. The highest BCUT2D eigenvalue weighted by molar-refractivity contribution is 5.95. The highest BCUT2D eigenvalue weighted by Gasteiger charge is 2.42. The van der Waals surface area contributed by atoms with E-state index in [-0.39, 0.29) is 5.91 Å². The number of nitrogens with zero attached hydrogens (tertiary/aromatic N) is 4. The molecular formula is C20H22N6O2. The average Bonchev–Trinajstić information content (AvgIpc) is 3.17. The molecule has 0 bridgehead atoms. The summed E-state index contributed by atoms with van der Waals surface area (Å²) in [6.07, 6.45) is -0.124. The number of aliphatic hydroxyl groups excluding tert-OH is 1. The van der Waals surface area contributed by atoms with E-state index in [1.165, 1.54) is 4.80 Å². The third-order valence-corrected chi connectivity index (χ3v) is 5.14. The van der Waals surface area contributed by atoms with Crippen LogP contribution < -0.4 is 10.6 Å². The summed E-state index contributed by atoms with van der Waals surface area (Å²) in [7, 11) is 1.70. The van der Waals surface area contributed by atoms with Gasteiger partial charge in [-0.15, -0.1) is 10.2 Å². The molecule has 0 aliphatic carbocycles. The van der Waals surface area contributed by atoms with Gasteiger partial charge >= 0.3 is 0 Å². The number of carbonyl (C=O) groups is 1. The van der Waals surface area contributed by atoms with Crippen molar-refractivity contribution in [3.63, 3.8) is 0 Å². The Morgan fingerprint density at radius 1 is 1.21 bits per heavy atom. The van der Waals surface area contributed by atoms with E-state index in [9.17, 15) is 9.90 Å². The van der Waals surface area contributed by atoms with Gasteiger partial charge in [0.15, 0.2) is 0 Å². The predicted molar refractivity (Wildman–Crippen MR) is 103 cm³/mol. The molecule has 3 aromatic rings. The summed E-state index contributed by atoms with van der Waals surface area (Å²) in [6.45, 7) is 1.13. The van der Waals surface area contributed by atoms with Gasteiger partial charge in [0, 0.05) is 17.7 Å². The fraction of sp³-hybridized carbons (Fsp3) is 0.300. The first kappa shape index (κ1) is 18.3. The number of β-amino-alcohol motifs (C(OH)–C–C–N with tert-alkyl or cyclic N) is 1. The maximum atomic E-state index is 13.0. The molecule has 28 heavy (non-hydrogen) atoms. The number of tetrazole rings is 1. The molecule has 8 heteroatoms. The van der Waals surface area contributed by atoms with E-state index < -0.39 is 11.6 Å². The lowest BCUT2D eigenvalue weighted by atomic mass is 9.79. The second-order valence-electron chi connectivity index (χ2n) is 6.94. The molecule has 3 N–H and O–H groups in total.